The smallest absolute Gasteiger partial charge is 0.192 e. The second kappa shape index (κ2) is 9.79. The summed E-state index contributed by atoms with van der Waals surface area (Å²) in [6.07, 6.45) is 6.25. The molecule has 0 radical (unpaired) electrons. The van der Waals surface area contributed by atoms with E-state index >= 15 is 0 Å². The summed E-state index contributed by atoms with van der Waals surface area (Å²) >= 11 is 1.59. The Labute approximate surface area is 197 Å². The van der Waals surface area contributed by atoms with Crippen LogP contribution in [0.25, 0.3) is 0 Å². The van der Waals surface area contributed by atoms with Gasteiger partial charge in [-0.1, -0.05) is 37.2 Å². The van der Waals surface area contributed by atoms with Crippen molar-refractivity contribution in [1.29, 1.82) is 0 Å². The van der Waals surface area contributed by atoms with E-state index in [0.29, 0.717) is 11.7 Å². The van der Waals surface area contributed by atoms with Gasteiger partial charge in [-0.3, -0.25) is 4.57 Å². The van der Waals surface area contributed by atoms with E-state index in [2.05, 4.69) is 44.1 Å². The van der Waals surface area contributed by atoms with E-state index in [1.54, 1.807) is 30.0 Å². The van der Waals surface area contributed by atoms with Gasteiger partial charge in [-0.05, 0) is 72.9 Å². The molecule has 0 aliphatic heterocycles. The Morgan fingerprint density at radius 1 is 1.15 bits per heavy atom. The average Bonchev–Trinajstić information content (AvgIpc) is 3.61. The van der Waals surface area contributed by atoms with Gasteiger partial charge in [0.25, 0.3) is 0 Å². The summed E-state index contributed by atoms with van der Waals surface area (Å²) in [4.78, 5) is 0. The lowest BCUT2D eigenvalue weighted by Gasteiger charge is -2.30. The van der Waals surface area contributed by atoms with E-state index in [4.69, 9.17) is 4.74 Å². The number of thioether (sulfide) groups is 1. The third kappa shape index (κ3) is 4.62. The molecule has 8 nitrogen and oxygen atoms in total. The number of benzene rings is 1. The van der Waals surface area contributed by atoms with Gasteiger partial charge in [0.05, 0.1) is 5.75 Å². The van der Waals surface area contributed by atoms with Crippen molar-refractivity contribution in [2.45, 2.75) is 76.1 Å². The van der Waals surface area contributed by atoms with Crippen molar-refractivity contribution in [3.05, 3.63) is 41.7 Å². The van der Waals surface area contributed by atoms with Crippen LogP contribution in [0, 0.1) is 23.6 Å². The molecular weight excluding hydrogens is 441 g/mol. The summed E-state index contributed by atoms with van der Waals surface area (Å²) in [5.41, 5.74) is 0. The van der Waals surface area contributed by atoms with E-state index in [1.807, 2.05) is 4.68 Å². The van der Waals surface area contributed by atoms with Crippen LogP contribution in [0.1, 0.15) is 63.6 Å². The Kier molecular flexibility index (Phi) is 6.62. The molecule has 0 spiro atoms. The third-order valence-electron chi connectivity index (χ3n) is 7.12. The Balaban J connectivity index is 1.38. The molecule has 2 aliphatic carbocycles. The Hall–Kier alpha value is -2.49. The summed E-state index contributed by atoms with van der Waals surface area (Å²) in [5, 5.41) is 21.9. The molecule has 4 atom stereocenters. The predicted octanol–water partition coefficient (Wildman–Crippen LogP) is 4.68. The number of tetrazole rings is 1. The lowest BCUT2D eigenvalue weighted by Crippen LogP contribution is -2.24. The molecular formula is C23H30FN7OS. The molecule has 5 rings (SSSR count). The van der Waals surface area contributed by atoms with Crippen molar-refractivity contribution in [2.75, 3.05) is 0 Å². The molecule has 2 saturated carbocycles. The number of para-hydroxylation sites is 1. The van der Waals surface area contributed by atoms with Crippen LogP contribution in [0.4, 0.5) is 4.39 Å². The SMILES string of the molecule is CCCn1nnnc1CSc1nnc(COc2ccccc2F)n1C(C)C1CC2CCC1C2. The van der Waals surface area contributed by atoms with Gasteiger partial charge < -0.3 is 4.74 Å². The van der Waals surface area contributed by atoms with Gasteiger partial charge in [0.15, 0.2) is 28.4 Å². The summed E-state index contributed by atoms with van der Waals surface area (Å²) in [6, 6.07) is 6.72. The molecule has 4 unspecified atom stereocenters. The molecule has 0 amide bonds. The lowest BCUT2D eigenvalue weighted by atomic mass is 9.84. The van der Waals surface area contributed by atoms with Gasteiger partial charge in [-0.2, -0.15) is 0 Å². The zero-order valence-electron chi connectivity index (χ0n) is 19.1. The number of rotatable bonds is 10. The first-order chi connectivity index (χ1) is 16.1. The van der Waals surface area contributed by atoms with Crippen LogP contribution in [0.15, 0.2) is 29.4 Å². The fraction of sp³-hybridized carbons (Fsp3) is 0.609. The van der Waals surface area contributed by atoms with E-state index in [1.165, 1.54) is 31.7 Å². The largest absolute Gasteiger partial charge is 0.483 e. The zero-order valence-corrected chi connectivity index (χ0v) is 19.9. The average molecular weight is 472 g/mol. The van der Waals surface area contributed by atoms with Crippen LogP contribution in [-0.4, -0.2) is 35.0 Å². The highest BCUT2D eigenvalue weighted by Crippen LogP contribution is 2.52. The Bertz CT molecular complexity index is 1090. The van der Waals surface area contributed by atoms with Crippen LogP contribution in [0.2, 0.25) is 0 Å². The number of aromatic nitrogens is 7. The van der Waals surface area contributed by atoms with Crippen molar-refractivity contribution < 1.29 is 9.13 Å². The molecule has 3 aromatic rings. The zero-order chi connectivity index (χ0) is 22.8. The summed E-state index contributed by atoms with van der Waals surface area (Å²) in [6.45, 7) is 5.34. The molecule has 1 aromatic carbocycles. The van der Waals surface area contributed by atoms with Gasteiger partial charge in [0.2, 0.25) is 0 Å². The number of fused-ring (bicyclic) bond motifs is 2. The summed E-state index contributed by atoms with van der Waals surface area (Å²) < 4.78 is 24.0. The monoisotopic (exact) mass is 471 g/mol. The number of aryl methyl sites for hydroxylation is 1. The maximum atomic E-state index is 14.1. The lowest BCUT2D eigenvalue weighted by molar-refractivity contribution is 0.215. The normalized spacial score (nSPS) is 22.7. The quantitative estimate of drug-likeness (QED) is 0.397. The maximum Gasteiger partial charge on any atom is 0.192 e. The maximum absolute atomic E-state index is 14.1. The van der Waals surface area contributed by atoms with Crippen molar-refractivity contribution in [1.82, 2.24) is 35.0 Å². The van der Waals surface area contributed by atoms with E-state index < -0.39 is 0 Å². The van der Waals surface area contributed by atoms with Gasteiger partial charge in [-0.15, -0.1) is 15.3 Å². The Morgan fingerprint density at radius 3 is 2.79 bits per heavy atom. The van der Waals surface area contributed by atoms with Gasteiger partial charge in [0.1, 0.15) is 6.61 Å². The molecule has 2 aliphatic rings. The minimum Gasteiger partial charge on any atom is -0.483 e. The van der Waals surface area contributed by atoms with Crippen molar-refractivity contribution in [3.8, 4) is 5.75 Å². The molecule has 33 heavy (non-hydrogen) atoms. The minimum absolute atomic E-state index is 0.174. The number of nitrogens with zero attached hydrogens (tertiary/aromatic N) is 7. The van der Waals surface area contributed by atoms with Crippen LogP contribution < -0.4 is 4.74 Å². The molecule has 0 N–H and O–H groups in total. The van der Waals surface area contributed by atoms with E-state index in [-0.39, 0.29) is 24.2 Å². The summed E-state index contributed by atoms with van der Waals surface area (Å²) in [7, 11) is 0. The first-order valence-corrected chi connectivity index (χ1v) is 12.8. The fourth-order valence-corrected chi connectivity index (χ4v) is 6.51. The standard InChI is InChI=1S/C23H30FN7OS/c1-3-10-30-22(26-28-29-30)14-33-23-27-25-21(13-32-20-7-5-4-6-19(20)24)31(23)15(2)18-12-16-8-9-17(18)11-16/h4-7,15-18H,3,8-14H2,1-2H3. The van der Waals surface area contributed by atoms with Crippen LogP contribution >= 0.6 is 11.8 Å². The van der Waals surface area contributed by atoms with Gasteiger partial charge in [-0.25, -0.2) is 9.07 Å². The highest BCUT2D eigenvalue weighted by Gasteiger charge is 2.43. The fourth-order valence-electron chi connectivity index (χ4n) is 5.53. The highest BCUT2D eigenvalue weighted by molar-refractivity contribution is 7.98. The van der Waals surface area contributed by atoms with E-state index in [0.717, 1.165) is 41.6 Å². The first kappa shape index (κ1) is 22.3. The van der Waals surface area contributed by atoms with Crippen LogP contribution in [-0.2, 0) is 18.9 Å². The second-order valence-corrected chi connectivity index (χ2v) is 10.1. The van der Waals surface area contributed by atoms with Crippen LogP contribution in [0.5, 0.6) is 5.75 Å². The minimum atomic E-state index is -0.373. The third-order valence-corrected chi connectivity index (χ3v) is 8.06. The topological polar surface area (TPSA) is 83.5 Å². The number of halogens is 1. The molecule has 176 valence electrons. The molecule has 2 aromatic heterocycles. The van der Waals surface area contributed by atoms with Crippen LogP contribution in [0.3, 0.4) is 0 Å². The number of hydrogen-bond donors (Lipinski definition) is 0. The molecule has 2 fully saturated rings. The van der Waals surface area contributed by atoms with Gasteiger partial charge >= 0.3 is 0 Å². The first-order valence-electron chi connectivity index (χ1n) is 11.8. The molecule has 2 heterocycles. The van der Waals surface area contributed by atoms with E-state index in [9.17, 15) is 4.39 Å². The number of ether oxygens (including phenoxy) is 1. The summed E-state index contributed by atoms with van der Waals surface area (Å²) in [5.74, 6) is 4.25. The van der Waals surface area contributed by atoms with Crippen molar-refractivity contribution in [3.63, 3.8) is 0 Å². The highest BCUT2D eigenvalue weighted by atomic mass is 32.2. The Morgan fingerprint density at radius 2 is 2.03 bits per heavy atom. The van der Waals surface area contributed by atoms with Crippen molar-refractivity contribution in [2.24, 2.45) is 17.8 Å². The molecule has 2 bridgehead atoms. The van der Waals surface area contributed by atoms with Gasteiger partial charge in [0, 0.05) is 12.6 Å². The predicted molar refractivity (Wildman–Crippen MR) is 122 cm³/mol. The number of hydrogen-bond acceptors (Lipinski definition) is 7. The molecule has 10 heteroatoms. The molecule has 0 saturated heterocycles. The second-order valence-electron chi connectivity index (χ2n) is 9.17. The van der Waals surface area contributed by atoms with Crippen molar-refractivity contribution >= 4 is 11.8 Å².